The van der Waals surface area contributed by atoms with Gasteiger partial charge in [-0.1, -0.05) is 0 Å². The Labute approximate surface area is 190 Å². The van der Waals surface area contributed by atoms with Crippen LogP contribution in [-0.2, 0) is 17.6 Å². The quantitative estimate of drug-likeness (QED) is 0.408. The lowest BCUT2D eigenvalue weighted by Gasteiger charge is -2.14. The number of hydrogen-bond acceptors (Lipinski definition) is 7. The highest BCUT2D eigenvalue weighted by Gasteiger charge is 2.23. The molecular formula is C21H21BrN4O4S. The molecule has 1 aliphatic carbocycles. The molecule has 1 atom stereocenters. The molecule has 0 fully saturated rings. The third-order valence-electron chi connectivity index (χ3n) is 5.36. The fraction of sp³-hybridized carbons (Fsp3) is 0.333. The first kappa shape index (κ1) is 21.5. The summed E-state index contributed by atoms with van der Waals surface area (Å²) >= 11 is 4.82. The van der Waals surface area contributed by atoms with Crippen LogP contribution >= 0.6 is 27.3 Å². The normalized spacial score (nSPS) is 14.5. The Balaban J connectivity index is 1.54. The Morgan fingerprint density at radius 1 is 1.42 bits per heavy atom. The number of methoxy groups -OCH3 is 1. The lowest BCUT2D eigenvalue weighted by atomic mass is 9.97. The highest BCUT2D eigenvalue weighted by atomic mass is 79.9. The van der Waals surface area contributed by atoms with Crippen molar-refractivity contribution in [3.8, 4) is 11.5 Å². The van der Waals surface area contributed by atoms with E-state index in [-0.39, 0.29) is 17.1 Å². The molecule has 0 spiro atoms. The summed E-state index contributed by atoms with van der Waals surface area (Å²) < 4.78 is 6.90. The van der Waals surface area contributed by atoms with E-state index in [9.17, 15) is 14.7 Å². The molecule has 1 amide bonds. The number of fused-ring (bicyclic) bond motifs is 3. The number of hydrazone groups is 1. The van der Waals surface area contributed by atoms with Gasteiger partial charge >= 0.3 is 0 Å². The van der Waals surface area contributed by atoms with Gasteiger partial charge in [0.1, 0.15) is 10.9 Å². The van der Waals surface area contributed by atoms with Crippen molar-refractivity contribution in [1.82, 2.24) is 15.0 Å². The van der Waals surface area contributed by atoms with Crippen molar-refractivity contribution < 1.29 is 14.6 Å². The molecule has 0 aliphatic heterocycles. The zero-order chi connectivity index (χ0) is 22.1. The van der Waals surface area contributed by atoms with Crippen LogP contribution in [0.2, 0.25) is 0 Å². The molecule has 0 saturated heterocycles. The summed E-state index contributed by atoms with van der Waals surface area (Å²) in [6, 6.07) is 2.45. The number of halogens is 1. The molecule has 8 nitrogen and oxygen atoms in total. The first-order valence-electron chi connectivity index (χ1n) is 9.81. The van der Waals surface area contributed by atoms with E-state index in [4.69, 9.17) is 4.74 Å². The number of amides is 1. The second-order valence-electron chi connectivity index (χ2n) is 7.31. The minimum Gasteiger partial charge on any atom is -0.503 e. The van der Waals surface area contributed by atoms with Gasteiger partial charge in [-0.05, 0) is 71.8 Å². The van der Waals surface area contributed by atoms with Crippen LogP contribution in [0.1, 0.15) is 41.8 Å². The maximum Gasteiger partial charge on any atom is 0.263 e. The van der Waals surface area contributed by atoms with Gasteiger partial charge in [0, 0.05) is 4.88 Å². The van der Waals surface area contributed by atoms with Gasteiger partial charge in [-0.15, -0.1) is 11.3 Å². The van der Waals surface area contributed by atoms with E-state index in [0.717, 1.165) is 36.1 Å². The predicted molar refractivity (Wildman–Crippen MR) is 123 cm³/mol. The van der Waals surface area contributed by atoms with Crippen molar-refractivity contribution >= 4 is 49.6 Å². The van der Waals surface area contributed by atoms with Gasteiger partial charge in [-0.3, -0.25) is 14.2 Å². The number of hydrogen-bond donors (Lipinski definition) is 2. The molecular weight excluding hydrogens is 484 g/mol. The Kier molecular flexibility index (Phi) is 6.10. The van der Waals surface area contributed by atoms with Crippen LogP contribution in [0, 0.1) is 0 Å². The average Bonchev–Trinajstić information content (AvgIpc) is 3.15. The Bertz CT molecular complexity index is 1250. The van der Waals surface area contributed by atoms with E-state index in [1.807, 2.05) is 0 Å². The Morgan fingerprint density at radius 2 is 2.19 bits per heavy atom. The second-order valence-corrected chi connectivity index (χ2v) is 9.25. The van der Waals surface area contributed by atoms with E-state index >= 15 is 0 Å². The summed E-state index contributed by atoms with van der Waals surface area (Å²) in [5.41, 5.74) is 3.97. The van der Waals surface area contributed by atoms with Gasteiger partial charge in [-0.25, -0.2) is 10.4 Å². The van der Waals surface area contributed by atoms with Crippen molar-refractivity contribution in [3.05, 3.63) is 49.3 Å². The van der Waals surface area contributed by atoms with Gasteiger partial charge in [0.05, 0.1) is 29.5 Å². The average molecular weight is 505 g/mol. The summed E-state index contributed by atoms with van der Waals surface area (Å²) in [6.07, 6.45) is 6.93. The van der Waals surface area contributed by atoms with Crippen LogP contribution in [0.3, 0.4) is 0 Å². The van der Waals surface area contributed by atoms with E-state index in [1.54, 1.807) is 30.4 Å². The van der Waals surface area contributed by atoms with E-state index < -0.39 is 11.9 Å². The summed E-state index contributed by atoms with van der Waals surface area (Å²) in [5.74, 6) is -0.177. The van der Waals surface area contributed by atoms with Crippen LogP contribution in [0.4, 0.5) is 0 Å². The van der Waals surface area contributed by atoms with E-state index in [0.29, 0.717) is 15.4 Å². The number of phenolic OH excluding ortho intramolecular Hbond substituents is 1. The van der Waals surface area contributed by atoms with Crippen molar-refractivity contribution in [2.75, 3.05) is 7.11 Å². The number of carbonyl (C=O) groups is 1. The third-order valence-corrected chi connectivity index (χ3v) is 7.16. The zero-order valence-electron chi connectivity index (χ0n) is 17.0. The number of carbonyl (C=O) groups excluding carboxylic acids is 1. The summed E-state index contributed by atoms with van der Waals surface area (Å²) in [6.45, 7) is 1.64. The topological polar surface area (TPSA) is 106 Å². The van der Waals surface area contributed by atoms with Crippen LogP contribution in [-0.4, -0.2) is 33.9 Å². The molecule has 4 rings (SSSR count). The van der Waals surface area contributed by atoms with Gasteiger partial charge in [0.15, 0.2) is 11.5 Å². The standard InChI is InChI=1S/C21H21BrN4O4S/c1-11(19(28)25-24-9-12-7-14(22)18(27)15(8-12)30-2)26-10-23-20-17(21(26)29)13-5-3-4-6-16(13)31-20/h7-11,27H,3-6H2,1-2H3,(H,25,28)/b24-9+/t11-/m0/s1. The van der Waals surface area contributed by atoms with E-state index in [2.05, 4.69) is 31.4 Å². The number of nitrogens with one attached hydrogen (secondary N) is 1. The minimum atomic E-state index is -0.776. The monoisotopic (exact) mass is 504 g/mol. The van der Waals surface area contributed by atoms with Gasteiger partial charge < -0.3 is 9.84 Å². The number of rotatable bonds is 5. The number of phenols is 1. The second kappa shape index (κ2) is 8.80. The summed E-state index contributed by atoms with van der Waals surface area (Å²) in [5, 5.41) is 14.5. The molecule has 1 aliphatic rings. The zero-order valence-corrected chi connectivity index (χ0v) is 19.4. The largest absolute Gasteiger partial charge is 0.503 e. The lowest BCUT2D eigenvalue weighted by molar-refractivity contribution is -0.123. The molecule has 0 saturated carbocycles. The summed E-state index contributed by atoms with van der Waals surface area (Å²) in [4.78, 5) is 32.1. The molecule has 0 bridgehead atoms. The number of aromatic hydroxyl groups is 1. The van der Waals surface area contributed by atoms with Crippen LogP contribution < -0.4 is 15.7 Å². The first-order valence-corrected chi connectivity index (χ1v) is 11.4. The molecule has 1 aromatic carbocycles. The summed E-state index contributed by atoms with van der Waals surface area (Å²) in [7, 11) is 1.44. The maximum absolute atomic E-state index is 13.1. The van der Waals surface area contributed by atoms with Gasteiger partial charge in [0.2, 0.25) is 0 Å². The van der Waals surface area contributed by atoms with E-state index in [1.165, 1.54) is 29.1 Å². The Morgan fingerprint density at radius 3 is 2.97 bits per heavy atom. The number of ether oxygens (including phenoxy) is 1. The molecule has 3 aromatic rings. The SMILES string of the molecule is COc1cc(/C=N/NC(=O)[C@H](C)n2cnc3sc4c(c3c2=O)CCCC4)cc(Br)c1O. The van der Waals surface area contributed by atoms with Crippen molar-refractivity contribution in [2.24, 2.45) is 5.10 Å². The molecule has 31 heavy (non-hydrogen) atoms. The molecule has 2 aromatic heterocycles. The fourth-order valence-electron chi connectivity index (χ4n) is 3.65. The first-order chi connectivity index (χ1) is 14.9. The van der Waals surface area contributed by atoms with Crippen molar-refractivity contribution in [1.29, 1.82) is 0 Å². The van der Waals surface area contributed by atoms with Crippen molar-refractivity contribution in [2.45, 2.75) is 38.6 Å². The predicted octanol–water partition coefficient (Wildman–Crippen LogP) is 3.52. The number of aryl methyl sites for hydroxylation is 2. The molecule has 162 valence electrons. The highest BCUT2D eigenvalue weighted by Crippen LogP contribution is 2.35. The maximum atomic E-state index is 13.1. The Hall–Kier alpha value is -2.72. The number of aromatic nitrogens is 2. The molecule has 2 heterocycles. The third kappa shape index (κ3) is 4.09. The number of benzene rings is 1. The number of nitrogens with zero attached hydrogens (tertiary/aromatic N) is 3. The van der Waals surface area contributed by atoms with Gasteiger partial charge in [-0.2, -0.15) is 5.10 Å². The minimum absolute atomic E-state index is 0.0183. The van der Waals surface area contributed by atoms with Crippen molar-refractivity contribution in [3.63, 3.8) is 0 Å². The number of thiophene rings is 1. The molecule has 2 N–H and O–H groups in total. The highest BCUT2D eigenvalue weighted by molar-refractivity contribution is 9.10. The fourth-order valence-corrected chi connectivity index (χ4v) is 5.33. The lowest BCUT2D eigenvalue weighted by Crippen LogP contribution is -2.34. The van der Waals surface area contributed by atoms with Crippen LogP contribution in [0.5, 0.6) is 11.5 Å². The molecule has 0 radical (unpaired) electrons. The van der Waals surface area contributed by atoms with Crippen LogP contribution in [0.25, 0.3) is 10.2 Å². The van der Waals surface area contributed by atoms with Gasteiger partial charge in [0.25, 0.3) is 11.5 Å². The van der Waals surface area contributed by atoms with Crippen LogP contribution in [0.15, 0.2) is 32.8 Å². The molecule has 0 unspecified atom stereocenters. The molecule has 10 heteroatoms. The smallest absolute Gasteiger partial charge is 0.263 e.